The molecule has 0 aromatic heterocycles. The Morgan fingerprint density at radius 2 is 1.00 bits per heavy atom. The second-order valence-electron chi connectivity index (χ2n) is 4.77. The smallest absolute Gasteiger partial charge is 0.258 e. The van der Waals surface area contributed by atoms with Gasteiger partial charge < -0.3 is 0 Å². The van der Waals surface area contributed by atoms with Crippen molar-refractivity contribution in [1.29, 1.82) is 0 Å². The summed E-state index contributed by atoms with van der Waals surface area (Å²) < 4.78 is 0. The highest BCUT2D eigenvalue weighted by Gasteiger charge is 2.08. The molecule has 0 N–H and O–H groups in total. The van der Waals surface area contributed by atoms with E-state index in [1.54, 1.807) is 38.4 Å². The molecule has 124 valence electrons. The van der Waals surface area contributed by atoms with Crippen LogP contribution in [-0.4, -0.2) is 23.9 Å². The Hall–Kier alpha value is -3.56. The number of anilines is 2. The van der Waals surface area contributed by atoms with Gasteiger partial charge in [0.25, 0.3) is 11.4 Å². The average Bonchev–Trinajstić information content (AvgIpc) is 2.59. The van der Waals surface area contributed by atoms with Crippen molar-refractivity contribution in [3.63, 3.8) is 0 Å². The molecule has 0 saturated heterocycles. The molecule has 2 rings (SSSR count). The highest BCUT2D eigenvalue weighted by molar-refractivity contribution is 5.50. The maximum absolute atomic E-state index is 10.6. The maximum Gasteiger partial charge on any atom is 0.269 e. The van der Waals surface area contributed by atoms with Crippen molar-refractivity contribution < 1.29 is 9.85 Å². The third kappa shape index (κ3) is 4.00. The minimum atomic E-state index is -0.479. The van der Waals surface area contributed by atoms with Crippen molar-refractivity contribution in [3.05, 3.63) is 68.8 Å². The van der Waals surface area contributed by atoms with Crippen LogP contribution in [0, 0.1) is 20.2 Å². The van der Waals surface area contributed by atoms with E-state index in [0.29, 0.717) is 11.4 Å². The molecule has 0 spiro atoms. The lowest BCUT2D eigenvalue weighted by atomic mass is 10.3. The first kappa shape index (κ1) is 16.8. The predicted molar refractivity (Wildman–Crippen MR) is 87.9 cm³/mol. The van der Waals surface area contributed by atoms with Crippen molar-refractivity contribution in [1.82, 2.24) is 0 Å². The first-order valence-corrected chi connectivity index (χ1v) is 6.76. The quantitative estimate of drug-likeness (QED) is 0.455. The molecular formula is C14H14N6O4. The molecule has 2 aromatic carbocycles. The van der Waals surface area contributed by atoms with Crippen LogP contribution in [0.4, 0.5) is 22.7 Å². The molecule has 0 heterocycles. The second-order valence-corrected chi connectivity index (χ2v) is 4.77. The number of nitro benzene ring substituents is 2. The fourth-order valence-electron chi connectivity index (χ4n) is 1.80. The van der Waals surface area contributed by atoms with Gasteiger partial charge in [-0.25, -0.2) is 10.0 Å². The van der Waals surface area contributed by atoms with E-state index in [9.17, 15) is 20.2 Å². The molecule has 0 aliphatic heterocycles. The van der Waals surface area contributed by atoms with Gasteiger partial charge in [-0.1, -0.05) is 0 Å². The van der Waals surface area contributed by atoms with E-state index in [0.717, 1.165) is 0 Å². The molecule has 24 heavy (non-hydrogen) atoms. The van der Waals surface area contributed by atoms with Crippen LogP contribution in [0.1, 0.15) is 0 Å². The fourth-order valence-corrected chi connectivity index (χ4v) is 1.80. The van der Waals surface area contributed by atoms with Crippen molar-refractivity contribution in [3.8, 4) is 0 Å². The first-order valence-electron chi connectivity index (χ1n) is 6.76. The molecule has 0 unspecified atom stereocenters. The number of nitrogens with zero attached hydrogens (tertiary/aromatic N) is 6. The van der Waals surface area contributed by atoms with Crippen LogP contribution in [0.5, 0.6) is 0 Å². The van der Waals surface area contributed by atoms with Crippen LogP contribution in [0.25, 0.3) is 0 Å². The van der Waals surface area contributed by atoms with Crippen LogP contribution in [0.2, 0.25) is 0 Å². The summed E-state index contributed by atoms with van der Waals surface area (Å²) in [4.78, 5) is 20.3. The zero-order chi connectivity index (χ0) is 17.7. The third-order valence-electron chi connectivity index (χ3n) is 3.18. The summed E-state index contributed by atoms with van der Waals surface area (Å²) >= 11 is 0. The molecule has 0 saturated carbocycles. The molecule has 0 amide bonds. The van der Waals surface area contributed by atoms with Gasteiger partial charge in [0.2, 0.25) is 0 Å². The molecule has 0 fully saturated rings. The summed E-state index contributed by atoms with van der Waals surface area (Å²) in [6.07, 6.45) is 0. The molecule has 10 nitrogen and oxygen atoms in total. The van der Waals surface area contributed by atoms with Crippen molar-refractivity contribution in [2.24, 2.45) is 10.4 Å². The lowest BCUT2D eigenvalue weighted by molar-refractivity contribution is -0.385. The predicted octanol–water partition coefficient (Wildman–Crippen LogP) is 3.36. The fraction of sp³-hybridized carbons (Fsp3) is 0.143. The molecule has 0 aliphatic carbocycles. The molecule has 0 bridgehead atoms. The normalized spacial score (nSPS) is 10.6. The number of nitro groups is 2. The molecule has 0 aliphatic rings. The monoisotopic (exact) mass is 330 g/mol. The van der Waals surface area contributed by atoms with E-state index in [1.807, 2.05) is 0 Å². The maximum atomic E-state index is 10.6. The summed E-state index contributed by atoms with van der Waals surface area (Å²) in [6.45, 7) is 0. The number of non-ortho nitro benzene ring substituents is 2. The molecule has 0 radical (unpaired) electrons. The molecule has 0 atom stereocenters. The highest BCUT2D eigenvalue weighted by Crippen LogP contribution is 2.21. The van der Waals surface area contributed by atoms with Gasteiger partial charge in [-0.15, -0.1) is 0 Å². The number of hydrogen-bond acceptors (Lipinski definition) is 6. The Labute approximate surface area is 136 Å². The van der Waals surface area contributed by atoms with Crippen molar-refractivity contribution in [2.75, 3.05) is 24.1 Å². The minimum Gasteiger partial charge on any atom is -0.258 e. The summed E-state index contributed by atoms with van der Waals surface area (Å²) in [7, 11) is 3.29. The standard InChI is InChI=1S/C14H14N6O4/c1-17(11-3-7-13(8-4-11)19(21)22)15-16-18(2)12-5-9-14(10-6-12)20(23)24/h3-10H,1-2H3. The third-order valence-corrected chi connectivity index (χ3v) is 3.18. The summed E-state index contributed by atoms with van der Waals surface area (Å²) in [6, 6.07) is 11.7. The average molecular weight is 330 g/mol. The first-order chi connectivity index (χ1) is 11.4. The molecule has 2 aromatic rings. The Balaban J connectivity index is 2.05. The summed E-state index contributed by atoms with van der Waals surface area (Å²) in [5.74, 6) is 0. The van der Waals surface area contributed by atoms with Gasteiger partial charge in [-0.05, 0) is 34.7 Å². The largest absolute Gasteiger partial charge is 0.269 e. The van der Waals surface area contributed by atoms with Crippen LogP contribution in [-0.2, 0) is 0 Å². The van der Waals surface area contributed by atoms with E-state index in [4.69, 9.17) is 0 Å². The van der Waals surface area contributed by atoms with Crippen LogP contribution < -0.4 is 10.0 Å². The Morgan fingerprint density at radius 1 is 0.708 bits per heavy atom. The minimum absolute atomic E-state index is 0.00733. The Bertz CT molecular complexity index is 694. The zero-order valence-electron chi connectivity index (χ0n) is 12.9. The number of hydrogen-bond donors (Lipinski definition) is 0. The van der Waals surface area contributed by atoms with Gasteiger partial charge in [-0.2, -0.15) is 0 Å². The molecule has 10 heteroatoms. The molecular weight excluding hydrogens is 316 g/mol. The van der Waals surface area contributed by atoms with Crippen molar-refractivity contribution in [2.45, 2.75) is 0 Å². The number of benzene rings is 2. The van der Waals surface area contributed by atoms with Gasteiger partial charge in [0.1, 0.15) is 0 Å². The number of rotatable bonds is 6. The van der Waals surface area contributed by atoms with E-state index in [-0.39, 0.29) is 11.4 Å². The zero-order valence-corrected chi connectivity index (χ0v) is 12.9. The van der Waals surface area contributed by atoms with E-state index in [1.165, 1.54) is 34.3 Å². The van der Waals surface area contributed by atoms with Crippen molar-refractivity contribution >= 4 is 22.7 Å². The van der Waals surface area contributed by atoms with E-state index < -0.39 is 9.85 Å². The van der Waals surface area contributed by atoms with Crippen LogP contribution in [0.15, 0.2) is 59.0 Å². The van der Waals surface area contributed by atoms with Gasteiger partial charge in [-0.3, -0.25) is 20.2 Å². The van der Waals surface area contributed by atoms with E-state index in [2.05, 4.69) is 10.4 Å². The topological polar surface area (TPSA) is 117 Å². The highest BCUT2D eigenvalue weighted by atomic mass is 16.6. The van der Waals surface area contributed by atoms with Crippen LogP contribution in [0.3, 0.4) is 0 Å². The Kier molecular flexibility index (Phi) is 5.00. The lowest BCUT2D eigenvalue weighted by Gasteiger charge is -2.14. The summed E-state index contributed by atoms with van der Waals surface area (Å²) in [5.41, 5.74) is 1.24. The van der Waals surface area contributed by atoms with Gasteiger partial charge >= 0.3 is 0 Å². The van der Waals surface area contributed by atoms with E-state index >= 15 is 0 Å². The van der Waals surface area contributed by atoms with Gasteiger partial charge in [0.05, 0.1) is 21.2 Å². The SMILES string of the molecule is CN(N=NN(C)c1ccc([N+](=O)[O-])cc1)c1ccc([N+](=O)[O-])cc1. The van der Waals surface area contributed by atoms with Crippen LogP contribution >= 0.6 is 0 Å². The second kappa shape index (κ2) is 7.13. The van der Waals surface area contributed by atoms with Gasteiger partial charge in [0, 0.05) is 38.4 Å². The van der Waals surface area contributed by atoms with Gasteiger partial charge in [0.15, 0.2) is 0 Å². The lowest BCUT2D eigenvalue weighted by Crippen LogP contribution is -2.13. The Morgan fingerprint density at radius 3 is 1.25 bits per heavy atom. The summed E-state index contributed by atoms with van der Waals surface area (Å²) in [5, 5.41) is 32.1.